The second-order valence-electron chi connectivity index (χ2n) is 3.71. The molecule has 1 aromatic heterocycles. The Morgan fingerprint density at radius 1 is 1.44 bits per heavy atom. The number of nitrogens with one attached hydrogen (secondary N) is 1. The Morgan fingerprint density at radius 2 is 2.25 bits per heavy atom. The van der Waals surface area contributed by atoms with Crippen LogP contribution in [0.5, 0.6) is 0 Å². The maximum Gasteiger partial charge on any atom is 0.103 e. The number of nitriles is 1. The smallest absolute Gasteiger partial charge is 0.103 e. The van der Waals surface area contributed by atoms with E-state index >= 15 is 0 Å². The number of hydrogen-bond acceptors (Lipinski definition) is 3. The van der Waals surface area contributed by atoms with Gasteiger partial charge in [0.25, 0.3) is 0 Å². The van der Waals surface area contributed by atoms with E-state index in [1.807, 2.05) is 26.0 Å². The third-order valence-electron chi connectivity index (χ3n) is 2.50. The molecule has 3 nitrogen and oxygen atoms in total. The van der Waals surface area contributed by atoms with E-state index in [0.717, 1.165) is 23.1 Å². The monoisotopic (exact) mass is 211 g/mol. The zero-order chi connectivity index (χ0) is 11.5. The van der Waals surface area contributed by atoms with E-state index in [9.17, 15) is 0 Å². The minimum absolute atomic E-state index is 0.597. The van der Waals surface area contributed by atoms with Gasteiger partial charge in [0.2, 0.25) is 0 Å². The molecule has 1 aromatic carbocycles. The Morgan fingerprint density at radius 3 is 2.94 bits per heavy atom. The predicted molar refractivity (Wildman–Crippen MR) is 65.4 cm³/mol. The molecule has 0 radical (unpaired) electrons. The van der Waals surface area contributed by atoms with Crippen LogP contribution in [0.25, 0.3) is 10.9 Å². The topological polar surface area (TPSA) is 48.7 Å². The van der Waals surface area contributed by atoms with Crippen LogP contribution >= 0.6 is 0 Å². The molecule has 0 unspecified atom stereocenters. The molecule has 0 aliphatic carbocycles. The van der Waals surface area contributed by atoms with E-state index in [-0.39, 0.29) is 0 Å². The number of aryl methyl sites for hydroxylation is 1. The van der Waals surface area contributed by atoms with Gasteiger partial charge >= 0.3 is 0 Å². The fourth-order valence-corrected chi connectivity index (χ4v) is 1.76. The van der Waals surface area contributed by atoms with Crippen LogP contribution in [0.1, 0.15) is 18.1 Å². The Labute approximate surface area is 94.7 Å². The highest BCUT2D eigenvalue weighted by molar-refractivity contribution is 5.94. The van der Waals surface area contributed by atoms with E-state index in [0.29, 0.717) is 5.56 Å². The van der Waals surface area contributed by atoms with Gasteiger partial charge in [0, 0.05) is 18.1 Å². The average molecular weight is 211 g/mol. The molecular formula is C13H13N3. The van der Waals surface area contributed by atoms with Crippen molar-refractivity contribution in [2.75, 3.05) is 11.9 Å². The van der Waals surface area contributed by atoms with E-state index in [1.165, 1.54) is 5.56 Å². The number of aromatic nitrogens is 1. The van der Waals surface area contributed by atoms with E-state index in [2.05, 4.69) is 22.4 Å². The summed E-state index contributed by atoms with van der Waals surface area (Å²) >= 11 is 0. The van der Waals surface area contributed by atoms with Gasteiger partial charge in [0.1, 0.15) is 6.07 Å². The number of hydrogen-bond donors (Lipinski definition) is 1. The third kappa shape index (κ3) is 1.70. The number of fused-ring (bicyclic) bond motifs is 1. The van der Waals surface area contributed by atoms with Gasteiger partial charge in [0.15, 0.2) is 0 Å². The molecule has 0 amide bonds. The number of rotatable bonds is 2. The predicted octanol–water partition coefficient (Wildman–Crippen LogP) is 2.85. The highest BCUT2D eigenvalue weighted by Crippen LogP contribution is 2.26. The van der Waals surface area contributed by atoms with Gasteiger partial charge in [-0.05, 0) is 26.0 Å². The van der Waals surface area contributed by atoms with Gasteiger partial charge in [-0.3, -0.25) is 4.98 Å². The molecule has 0 saturated carbocycles. The lowest BCUT2D eigenvalue weighted by molar-refractivity contribution is 1.21. The lowest BCUT2D eigenvalue weighted by Gasteiger charge is -2.09. The Kier molecular flexibility index (Phi) is 2.74. The summed E-state index contributed by atoms with van der Waals surface area (Å²) in [7, 11) is 0. The van der Waals surface area contributed by atoms with Crippen LogP contribution < -0.4 is 5.32 Å². The standard InChI is InChI=1S/C13H13N3/c1-3-15-13-10(7-14)8-16-12-5-4-9(2)6-11(12)13/h4-6,8H,3H2,1-2H3,(H,15,16). The summed E-state index contributed by atoms with van der Waals surface area (Å²) in [6.45, 7) is 4.85. The number of pyridine rings is 1. The largest absolute Gasteiger partial charge is 0.384 e. The number of anilines is 1. The van der Waals surface area contributed by atoms with Gasteiger partial charge in [-0.2, -0.15) is 5.26 Å². The van der Waals surface area contributed by atoms with Crippen LogP contribution in [-0.2, 0) is 0 Å². The molecule has 1 N–H and O–H groups in total. The summed E-state index contributed by atoms with van der Waals surface area (Å²) in [5.41, 5.74) is 3.57. The van der Waals surface area contributed by atoms with Crippen molar-refractivity contribution < 1.29 is 0 Å². The lowest BCUT2D eigenvalue weighted by atomic mass is 10.1. The second kappa shape index (κ2) is 4.19. The van der Waals surface area contributed by atoms with E-state index < -0.39 is 0 Å². The summed E-state index contributed by atoms with van der Waals surface area (Å²) in [6.07, 6.45) is 1.62. The van der Waals surface area contributed by atoms with Crippen LogP contribution in [0.4, 0.5) is 5.69 Å². The molecule has 1 heterocycles. The first-order valence-corrected chi connectivity index (χ1v) is 5.29. The SMILES string of the molecule is CCNc1c(C#N)cnc2ccc(C)cc12. The maximum atomic E-state index is 9.04. The number of benzene rings is 1. The number of nitrogens with zero attached hydrogens (tertiary/aromatic N) is 2. The summed E-state index contributed by atoms with van der Waals surface area (Å²) in [5.74, 6) is 0. The minimum atomic E-state index is 0.597. The summed E-state index contributed by atoms with van der Waals surface area (Å²) in [6, 6.07) is 8.23. The van der Waals surface area contributed by atoms with Crippen LogP contribution in [0.15, 0.2) is 24.4 Å². The molecule has 0 saturated heterocycles. The maximum absolute atomic E-state index is 9.04. The Hall–Kier alpha value is -2.08. The van der Waals surface area contributed by atoms with Gasteiger partial charge < -0.3 is 5.32 Å². The average Bonchev–Trinajstić information content (AvgIpc) is 2.30. The first-order valence-electron chi connectivity index (χ1n) is 5.29. The molecule has 80 valence electrons. The highest BCUT2D eigenvalue weighted by Gasteiger charge is 2.07. The lowest BCUT2D eigenvalue weighted by Crippen LogP contribution is -2.01. The van der Waals surface area contributed by atoms with Gasteiger partial charge in [-0.15, -0.1) is 0 Å². The minimum Gasteiger partial charge on any atom is -0.384 e. The van der Waals surface area contributed by atoms with Crippen LogP contribution in [0, 0.1) is 18.3 Å². The van der Waals surface area contributed by atoms with Crippen molar-refractivity contribution in [2.45, 2.75) is 13.8 Å². The molecule has 0 spiro atoms. The molecule has 0 atom stereocenters. The van der Waals surface area contributed by atoms with Crippen molar-refractivity contribution in [3.63, 3.8) is 0 Å². The van der Waals surface area contributed by atoms with Gasteiger partial charge in [-0.1, -0.05) is 11.6 Å². The molecule has 0 fully saturated rings. The molecule has 3 heteroatoms. The molecular weight excluding hydrogens is 198 g/mol. The molecule has 16 heavy (non-hydrogen) atoms. The quantitative estimate of drug-likeness (QED) is 0.830. The van der Waals surface area contributed by atoms with Crippen LogP contribution in [0.3, 0.4) is 0 Å². The van der Waals surface area contributed by atoms with Gasteiger partial charge in [0.05, 0.1) is 16.8 Å². The second-order valence-corrected chi connectivity index (χ2v) is 3.71. The highest BCUT2D eigenvalue weighted by atomic mass is 14.9. The summed E-state index contributed by atoms with van der Waals surface area (Å²) in [5, 5.41) is 13.3. The van der Waals surface area contributed by atoms with Gasteiger partial charge in [-0.25, -0.2) is 0 Å². The fraction of sp³-hybridized carbons (Fsp3) is 0.231. The van der Waals surface area contributed by atoms with Crippen LogP contribution in [0.2, 0.25) is 0 Å². The van der Waals surface area contributed by atoms with Crippen LogP contribution in [-0.4, -0.2) is 11.5 Å². The van der Waals surface area contributed by atoms with E-state index in [1.54, 1.807) is 6.20 Å². The normalized spacial score (nSPS) is 10.1. The molecule has 2 rings (SSSR count). The molecule has 0 aliphatic rings. The molecule has 0 aliphatic heterocycles. The third-order valence-corrected chi connectivity index (χ3v) is 2.50. The van der Waals surface area contributed by atoms with Crippen molar-refractivity contribution in [3.05, 3.63) is 35.5 Å². The van der Waals surface area contributed by atoms with Crippen molar-refractivity contribution in [1.82, 2.24) is 4.98 Å². The summed E-state index contributed by atoms with van der Waals surface area (Å²) < 4.78 is 0. The first-order chi connectivity index (χ1) is 7.76. The van der Waals surface area contributed by atoms with E-state index in [4.69, 9.17) is 5.26 Å². The van der Waals surface area contributed by atoms with Crippen molar-refractivity contribution in [3.8, 4) is 6.07 Å². The zero-order valence-electron chi connectivity index (χ0n) is 9.41. The van der Waals surface area contributed by atoms with Crippen molar-refractivity contribution >= 4 is 16.6 Å². The Balaban J connectivity index is 2.77. The van der Waals surface area contributed by atoms with Crippen molar-refractivity contribution in [2.24, 2.45) is 0 Å². The summed E-state index contributed by atoms with van der Waals surface area (Å²) in [4.78, 5) is 4.27. The van der Waals surface area contributed by atoms with Crippen molar-refractivity contribution in [1.29, 1.82) is 5.26 Å². The zero-order valence-corrected chi connectivity index (χ0v) is 9.41. The fourth-order valence-electron chi connectivity index (χ4n) is 1.76. The Bertz CT molecular complexity index is 567. The molecule has 2 aromatic rings. The first kappa shape index (κ1) is 10.4. The molecule has 0 bridgehead atoms.